The number of hydrogen-bond acceptors (Lipinski definition) is 4. The van der Waals surface area contributed by atoms with Gasteiger partial charge in [0.2, 0.25) is 0 Å². The Hall–Kier alpha value is -0.920. The molecule has 1 aromatic heterocycles. The van der Waals surface area contributed by atoms with Crippen LogP contribution in [0, 0.1) is 11.8 Å². The fourth-order valence-corrected chi connectivity index (χ4v) is 3.64. The van der Waals surface area contributed by atoms with Crippen LogP contribution in [0.4, 0.5) is 0 Å². The molecule has 2 rings (SSSR count). The first-order valence-corrected chi connectivity index (χ1v) is 9.18. The molecule has 1 aromatic rings. The van der Waals surface area contributed by atoms with Gasteiger partial charge in [-0.25, -0.2) is 18.1 Å². The van der Waals surface area contributed by atoms with Gasteiger partial charge in [0.1, 0.15) is 0 Å². The molecule has 0 aliphatic carbocycles. The molecule has 1 saturated heterocycles. The molecule has 0 amide bonds. The van der Waals surface area contributed by atoms with E-state index in [1.54, 1.807) is 12.5 Å². The summed E-state index contributed by atoms with van der Waals surface area (Å²) < 4.78 is 28.8. The highest BCUT2D eigenvalue weighted by Gasteiger charge is 2.19. The predicted molar refractivity (Wildman–Crippen MR) is 82.5 cm³/mol. The monoisotopic (exact) mass is 314 g/mol. The molecule has 1 unspecified atom stereocenters. The van der Waals surface area contributed by atoms with E-state index in [0.29, 0.717) is 18.4 Å². The van der Waals surface area contributed by atoms with Crippen molar-refractivity contribution in [2.75, 3.05) is 19.6 Å². The van der Waals surface area contributed by atoms with Crippen molar-refractivity contribution in [3.05, 3.63) is 12.5 Å². The van der Waals surface area contributed by atoms with Gasteiger partial charge in [-0.1, -0.05) is 13.8 Å². The minimum atomic E-state index is -3.48. The molecule has 21 heavy (non-hydrogen) atoms. The lowest BCUT2D eigenvalue weighted by atomic mass is 9.96. The summed E-state index contributed by atoms with van der Waals surface area (Å²) in [7, 11) is -3.48. The number of nitrogens with zero attached hydrogens (tertiary/aromatic N) is 2. The van der Waals surface area contributed by atoms with Crippen molar-refractivity contribution in [1.82, 2.24) is 19.6 Å². The topological polar surface area (TPSA) is 76.0 Å². The van der Waals surface area contributed by atoms with Gasteiger partial charge in [0, 0.05) is 19.3 Å². The molecule has 0 radical (unpaired) electrons. The Labute approximate surface area is 127 Å². The number of nitrogens with one attached hydrogen (secondary N) is 2. The highest BCUT2D eigenvalue weighted by Crippen LogP contribution is 2.14. The third kappa shape index (κ3) is 5.09. The van der Waals surface area contributed by atoms with E-state index in [9.17, 15) is 8.42 Å². The van der Waals surface area contributed by atoms with Crippen molar-refractivity contribution in [2.24, 2.45) is 11.8 Å². The second kappa shape index (κ2) is 7.38. The zero-order valence-corrected chi connectivity index (χ0v) is 13.7. The Bertz CT molecular complexity index is 533. The number of aromatic nitrogens is 2. The third-order valence-electron chi connectivity index (χ3n) is 3.70. The predicted octanol–water partition coefficient (Wildman–Crippen LogP) is 1.21. The van der Waals surface area contributed by atoms with Gasteiger partial charge in [-0.15, -0.1) is 0 Å². The van der Waals surface area contributed by atoms with E-state index in [0.717, 1.165) is 26.1 Å². The molecule has 2 N–H and O–H groups in total. The molecule has 7 heteroatoms. The zero-order chi connectivity index (χ0) is 15.3. The van der Waals surface area contributed by atoms with Crippen LogP contribution in [0.5, 0.6) is 0 Å². The molecule has 6 nitrogen and oxygen atoms in total. The molecule has 120 valence electrons. The molecule has 2 heterocycles. The number of imidazole rings is 1. The van der Waals surface area contributed by atoms with Gasteiger partial charge in [0.25, 0.3) is 10.0 Å². The maximum Gasteiger partial charge on any atom is 0.259 e. The summed E-state index contributed by atoms with van der Waals surface area (Å²) in [5.41, 5.74) is 0. The van der Waals surface area contributed by atoms with Gasteiger partial charge >= 0.3 is 0 Å². The van der Waals surface area contributed by atoms with Crippen molar-refractivity contribution in [1.29, 1.82) is 0 Å². The van der Waals surface area contributed by atoms with Crippen LogP contribution in [0.25, 0.3) is 0 Å². The van der Waals surface area contributed by atoms with Crippen LogP contribution in [-0.2, 0) is 16.6 Å². The second-order valence-electron chi connectivity index (χ2n) is 6.20. The first-order valence-electron chi connectivity index (χ1n) is 7.69. The van der Waals surface area contributed by atoms with E-state index in [1.807, 2.05) is 4.57 Å². The average Bonchev–Trinajstić information content (AvgIpc) is 2.88. The number of sulfonamides is 1. The molecule has 1 fully saturated rings. The minimum Gasteiger partial charge on any atom is -0.336 e. The molecule has 0 saturated carbocycles. The number of rotatable bonds is 7. The summed E-state index contributed by atoms with van der Waals surface area (Å²) in [5.74, 6) is 1.03. The summed E-state index contributed by atoms with van der Waals surface area (Å²) >= 11 is 0. The van der Waals surface area contributed by atoms with Crippen molar-refractivity contribution >= 4 is 10.0 Å². The largest absolute Gasteiger partial charge is 0.336 e. The van der Waals surface area contributed by atoms with Crippen LogP contribution in [-0.4, -0.2) is 37.6 Å². The molecule has 1 aliphatic rings. The highest BCUT2D eigenvalue weighted by molar-refractivity contribution is 7.89. The van der Waals surface area contributed by atoms with Gasteiger partial charge in [-0.2, -0.15) is 0 Å². The number of hydrogen-bond donors (Lipinski definition) is 2. The number of piperidine rings is 1. The van der Waals surface area contributed by atoms with Crippen molar-refractivity contribution in [3.63, 3.8) is 0 Å². The molecular formula is C14H26N4O2S. The van der Waals surface area contributed by atoms with Crippen molar-refractivity contribution in [2.45, 2.75) is 44.7 Å². The van der Waals surface area contributed by atoms with E-state index in [2.05, 4.69) is 28.9 Å². The molecule has 1 aliphatic heterocycles. The maximum atomic E-state index is 12.2. The molecule has 0 spiro atoms. The minimum absolute atomic E-state index is 0.116. The summed E-state index contributed by atoms with van der Waals surface area (Å²) in [5, 5.41) is 3.46. The van der Waals surface area contributed by atoms with Crippen LogP contribution < -0.4 is 10.0 Å². The average molecular weight is 314 g/mol. The van der Waals surface area contributed by atoms with Crippen molar-refractivity contribution < 1.29 is 8.42 Å². The van der Waals surface area contributed by atoms with E-state index in [1.165, 1.54) is 12.8 Å². The Kier molecular flexibility index (Phi) is 5.78. The molecule has 0 bridgehead atoms. The summed E-state index contributed by atoms with van der Waals surface area (Å²) in [6.45, 7) is 7.50. The lowest BCUT2D eigenvalue weighted by Gasteiger charge is -2.22. The fourth-order valence-electron chi connectivity index (χ4n) is 2.64. The quantitative estimate of drug-likeness (QED) is 0.793. The Morgan fingerprint density at radius 1 is 1.52 bits per heavy atom. The first-order chi connectivity index (χ1) is 9.97. The normalized spacial score (nSPS) is 20.0. The van der Waals surface area contributed by atoms with Gasteiger partial charge in [-0.3, -0.25) is 0 Å². The lowest BCUT2D eigenvalue weighted by molar-refractivity contribution is 0.358. The van der Waals surface area contributed by atoms with E-state index in [-0.39, 0.29) is 5.03 Å². The van der Waals surface area contributed by atoms with Crippen LogP contribution in [0.15, 0.2) is 17.6 Å². The lowest BCUT2D eigenvalue weighted by Crippen LogP contribution is -2.33. The summed E-state index contributed by atoms with van der Waals surface area (Å²) in [6.07, 6.45) is 6.41. The van der Waals surface area contributed by atoms with Gasteiger partial charge in [-0.05, 0) is 44.2 Å². The maximum absolute atomic E-state index is 12.2. The standard InChI is InChI=1S/C14H26N4O2S/c1-12(2)9-18-10-14(16-11-18)21(19,20)17-7-5-13-4-3-6-15-8-13/h10-13,15,17H,3-9H2,1-2H3. The smallest absolute Gasteiger partial charge is 0.259 e. The van der Waals surface area contributed by atoms with Gasteiger partial charge in [0.15, 0.2) is 5.03 Å². The van der Waals surface area contributed by atoms with Crippen LogP contribution in [0.2, 0.25) is 0 Å². The summed E-state index contributed by atoms with van der Waals surface area (Å²) in [6, 6.07) is 0. The fraction of sp³-hybridized carbons (Fsp3) is 0.786. The Balaban J connectivity index is 1.84. The highest BCUT2D eigenvalue weighted by atomic mass is 32.2. The second-order valence-corrected chi connectivity index (χ2v) is 7.92. The third-order valence-corrected chi connectivity index (χ3v) is 5.05. The Morgan fingerprint density at radius 2 is 2.33 bits per heavy atom. The molecule has 1 atom stereocenters. The van der Waals surface area contributed by atoms with Gasteiger partial charge < -0.3 is 9.88 Å². The van der Waals surface area contributed by atoms with E-state index < -0.39 is 10.0 Å². The Morgan fingerprint density at radius 3 is 3.00 bits per heavy atom. The van der Waals surface area contributed by atoms with Crippen LogP contribution >= 0.6 is 0 Å². The SMILES string of the molecule is CC(C)Cn1cnc(S(=O)(=O)NCCC2CCCNC2)c1. The van der Waals surface area contributed by atoms with Gasteiger partial charge in [0.05, 0.1) is 6.33 Å². The zero-order valence-electron chi connectivity index (χ0n) is 12.9. The summed E-state index contributed by atoms with van der Waals surface area (Å²) in [4.78, 5) is 4.01. The van der Waals surface area contributed by atoms with E-state index in [4.69, 9.17) is 0 Å². The van der Waals surface area contributed by atoms with E-state index >= 15 is 0 Å². The first kappa shape index (κ1) is 16.5. The van der Waals surface area contributed by atoms with Crippen LogP contribution in [0.1, 0.15) is 33.1 Å². The molecular weight excluding hydrogens is 288 g/mol. The van der Waals surface area contributed by atoms with Crippen molar-refractivity contribution in [3.8, 4) is 0 Å². The van der Waals surface area contributed by atoms with Crippen LogP contribution in [0.3, 0.4) is 0 Å². The molecule has 0 aromatic carbocycles.